The van der Waals surface area contributed by atoms with Gasteiger partial charge in [-0.15, -0.1) is 23.7 Å². The molecule has 0 radical (unpaired) electrons. The number of benzene rings is 1. The van der Waals surface area contributed by atoms with Crippen molar-refractivity contribution >= 4 is 29.7 Å². The van der Waals surface area contributed by atoms with Crippen molar-refractivity contribution in [1.29, 1.82) is 0 Å². The Bertz CT molecular complexity index is 649. The molecule has 136 valence electrons. The Kier molecular flexibility index (Phi) is 7.48. The van der Waals surface area contributed by atoms with Crippen molar-refractivity contribution in [3.8, 4) is 0 Å². The minimum Gasteiger partial charge on any atom is -0.344 e. The maximum atomic E-state index is 12.7. The minimum absolute atomic E-state index is 0. The zero-order chi connectivity index (χ0) is 16.9. The van der Waals surface area contributed by atoms with Gasteiger partial charge in [-0.3, -0.25) is 4.79 Å². The molecule has 0 spiro atoms. The van der Waals surface area contributed by atoms with E-state index in [1.54, 1.807) is 11.3 Å². The molecule has 2 heterocycles. The molecular weight excluding hydrogens is 352 g/mol. The van der Waals surface area contributed by atoms with Crippen LogP contribution in [0.5, 0.6) is 0 Å². The molecule has 1 aliphatic heterocycles. The van der Waals surface area contributed by atoms with Crippen LogP contribution in [-0.4, -0.2) is 19.0 Å². The third-order valence-electron chi connectivity index (χ3n) is 4.76. The lowest BCUT2D eigenvalue weighted by molar-refractivity contribution is -0.126. The average Bonchev–Trinajstić information content (AvgIpc) is 3.14. The third-order valence-corrected chi connectivity index (χ3v) is 5.70. The average molecular weight is 379 g/mol. The van der Waals surface area contributed by atoms with Gasteiger partial charge in [0.05, 0.1) is 6.04 Å². The number of amides is 1. The second-order valence-electron chi connectivity index (χ2n) is 6.80. The minimum atomic E-state index is -0.0476. The topological polar surface area (TPSA) is 41.1 Å². The van der Waals surface area contributed by atoms with Gasteiger partial charge in [0, 0.05) is 10.8 Å². The quantitative estimate of drug-likeness (QED) is 0.804. The summed E-state index contributed by atoms with van der Waals surface area (Å²) in [5, 5.41) is 8.69. The van der Waals surface area contributed by atoms with E-state index in [9.17, 15) is 4.79 Å². The van der Waals surface area contributed by atoms with Gasteiger partial charge in [-0.1, -0.05) is 44.2 Å². The van der Waals surface area contributed by atoms with Crippen LogP contribution >= 0.6 is 23.7 Å². The van der Waals surface area contributed by atoms with Crippen molar-refractivity contribution < 1.29 is 4.79 Å². The lowest BCUT2D eigenvalue weighted by Gasteiger charge is -2.25. The fraction of sp³-hybridized carbons (Fsp3) is 0.450. The van der Waals surface area contributed by atoms with Gasteiger partial charge in [-0.25, -0.2) is 0 Å². The van der Waals surface area contributed by atoms with Crippen LogP contribution in [0.3, 0.4) is 0 Å². The van der Waals surface area contributed by atoms with Gasteiger partial charge >= 0.3 is 0 Å². The molecule has 25 heavy (non-hydrogen) atoms. The number of rotatable bonds is 5. The molecule has 1 aromatic heterocycles. The summed E-state index contributed by atoms with van der Waals surface area (Å²) in [4.78, 5) is 13.9. The first-order valence-corrected chi connectivity index (χ1v) is 9.67. The molecule has 5 heteroatoms. The fourth-order valence-corrected chi connectivity index (χ4v) is 3.99. The van der Waals surface area contributed by atoms with Gasteiger partial charge in [-0.2, -0.15) is 0 Å². The molecule has 1 fully saturated rings. The van der Waals surface area contributed by atoms with Crippen molar-refractivity contribution in [2.45, 2.75) is 38.6 Å². The maximum absolute atomic E-state index is 12.7. The van der Waals surface area contributed by atoms with E-state index in [4.69, 9.17) is 0 Å². The number of hydrogen-bond acceptors (Lipinski definition) is 3. The van der Waals surface area contributed by atoms with Crippen molar-refractivity contribution in [1.82, 2.24) is 10.6 Å². The van der Waals surface area contributed by atoms with E-state index in [2.05, 4.69) is 60.2 Å². The Balaban J connectivity index is 0.00000225. The molecule has 0 aliphatic carbocycles. The van der Waals surface area contributed by atoms with E-state index in [-0.39, 0.29) is 30.3 Å². The van der Waals surface area contributed by atoms with Gasteiger partial charge in [0.25, 0.3) is 0 Å². The SMILES string of the molecule is CC(C)c1ccc(C(NC(=O)C2CCNCC2)c2cccs2)cc1.Cl. The Hall–Kier alpha value is -1.36. The van der Waals surface area contributed by atoms with Crippen LogP contribution in [0.15, 0.2) is 41.8 Å². The highest BCUT2D eigenvalue weighted by atomic mass is 35.5. The van der Waals surface area contributed by atoms with Crippen LogP contribution in [0.4, 0.5) is 0 Å². The van der Waals surface area contributed by atoms with Crippen LogP contribution in [-0.2, 0) is 4.79 Å². The maximum Gasteiger partial charge on any atom is 0.223 e. The van der Waals surface area contributed by atoms with E-state index < -0.39 is 0 Å². The predicted molar refractivity (Wildman–Crippen MR) is 108 cm³/mol. The lowest BCUT2D eigenvalue weighted by Crippen LogP contribution is -2.39. The Labute approximate surface area is 160 Å². The number of halogens is 1. The van der Waals surface area contributed by atoms with E-state index >= 15 is 0 Å². The van der Waals surface area contributed by atoms with Gasteiger partial charge < -0.3 is 10.6 Å². The molecule has 3 rings (SSSR count). The van der Waals surface area contributed by atoms with Crippen LogP contribution < -0.4 is 10.6 Å². The molecule has 0 saturated carbocycles. The first-order chi connectivity index (χ1) is 11.6. The summed E-state index contributed by atoms with van der Waals surface area (Å²) in [6.07, 6.45) is 1.85. The number of nitrogens with one attached hydrogen (secondary N) is 2. The normalized spacial score (nSPS) is 16.3. The molecular formula is C20H27ClN2OS. The standard InChI is InChI=1S/C20H26N2OS.ClH/c1-14(2)15-5-7-16(8-6-15)19(18-4-3-13-24-18)22-20(23)17-9-11-21-12-10-17;/h3-8,13-14,17,19,21H,9-12H2,1-2H3,(H,22,23);1H. The third kappa shape index (κ3) is 5.06. The van der Waals surface area contributed by atoms with Crippen LogP contribution in [0.25, 0.3) is 0 Å². The number of carbonyl (C=O) groups is 1. The van der Waals surface area contributed by atoms with E-state index in [0.717, 1.165) is 31.5 Å². The molecule has 1 aliphatic rings. The largest absolute Gasteiger partial charge is 0.344 e. The molecule has 2 aromatic rings. The van der Waals surface area contributed by atoms with Gasteiger partial charge in [0.15, 0.2) is 0 Å². The van der Waals surface area contributed by atoms with Crippen molar-refractivity contribution in [3.63, 3.8) is 0 Å². The Morgan fingerprint density at radius 2 is 1.76 bits per heavy atom. The number of piperidine rings is 1. The molecule has 1 saturated heterocycles. The lowest BCUT2D eigenvalue weighted by atomic mass is 9.95. The highest BCUT2D eigenvalue weighted by Gasteiger charge is 2.25. The van der Waals surface area contributed by atoms with Crippen molar-refractivity contribution in [2.24, 2.45) is 5.92 Å². The van der Waals surface area contributed by atoms with Gasteiger partial charge in [-0.05, 0) is 54.4 Å². The highest BCUT2D eigenvalue weighted by molar-refractivity contribution is 7.10. The second-order valence-corrected chi connectivity index (χ2v) is 7.78. The Morgan fingerprint density at radius 3 is 2.32 bits per heavy atom. The van der Waals surface area contributed by atoms with Crippen LogP contribution in [0.1, 0.15) is 54.7 Å². The van der Waals surface area contributed by atoms with Gasteiger partial charge in [0.1, 0.15) is 0 Å². The number of thiophene rings is 1. The summed E-state index contributed by atoms with van der Waals surface area (Å²) in [7, 11) is 0. The highest BCUT2D eigenvalue weighted by Crippen LogP contribution is 2.28. The smallest absolute Gasteiger partial charge is 0.223 e. The number of hydrogen-bond donors (Lipinski definition) is 2. The molecule has 1 amide bonds. The first kappa shape index (κ1) is 20.0. The van der Waals surface area contributed by atoms with E-state index in [0.29, 0.717) is 5.92 Å². The molecule has 1 atom stereocenters. The molecule has 1 unspecified atom stereocenters. The summed E-state index contributed by atoms with van der Waals surface area (Å²) in [5.74, 6) is 0.829. The zero-order valence-electron chi connectivity index (χ0n) is 14.8. The first-order valence-electron chi connectivity index (χ1n) is 8.79. The Morgan fingerprint density at radius 1 is 1.12 bits per heavy atom. The zero-order valence-corrected chi connectivity index (χ0v) is 16.5. The summed E-state index contributed by atoms with van der Waals surface area (Å²) in [6, 6.07) is 12.8. The van der Waals surface area contributed by atoms with Gasteiger partial charge in [0.2, 0.25) is 5.91 Å². The van der Waals surface area contributed by atoms with Crippen molar-refractivity contribution in [2.75, 3.05) is 13.1 Å². The summed E-state index contributed by atoms with van der Waals surface area (Å²) in [6.45, 7) is 6.27. The molecule has 0 bridgehead atoms. The van der Waals surface area contributed by atoms with Crippen LogP contribution in [0, 0.1) is 5.92 Å². The fourth-order valence-electron chi connectivity index (χ4n) is 3.19. The summed E-state index contributed by atoms with van der Waals surface area (Å²) >= 11 is 1.70. The monoisotopic (exact) mass is 378 g/mol. The predicted octanol–water partition coefficient (Wildman–Crippen LogP) is 4.50. The summed E-state index contributed by atoms with van der Waals surface area (Å²) in [5.41, 5.74) is 2.48. The van der Waals surface area contributed by atoms with Crippen molar-refractivity contribution in [3.05, 3.63) is 57.8 Å². The molecule has 3 nitrogen and oxygen atoms in total. The molecule has 2 N–H and O–H groups in total. The van der Waals surface area contributed by atoms with E-state index in [1.807, 2.05) is 6.07 Å². The summed E-state index contributed by atoms with van der Waals surface area (Å²) < 4.78 is 0. The van der Waals surface area contributed by atoms with Crippen LogP contribution in [0.2, 0.25) is 0 Å². The second kappa shape index (κ2) is 9.37. The number of carbonyl (C=O) groups excluding carboxylic acids is 1. The molecule has 1 aromatic carbocycles. The van der Waals surface area contributed by atoms with E-state index in [1.165, 1.54) is 10.4 Å².